The normalized spacial score (nSPS) is 10.6. The zero-order valence-corrected chi connectivity index (χ0v) is 13.6. The lowest BCUT2D eigenvalue weighted by molar-refractivity contribution is -0.131. The van der Waals surface area contributed by atoms with Gasteiger partial charge in [0, 0.05) is 13.0 Å². The predicted molar refractivity (Wildman–Crippen MR) is 89.8 cm³/mol. The SMILES string of the molecule is CC(=O)Oc1cc(C)c2c(=O)c(Oc3ccccc3)c(C)oc2c1. The summed E-state index contributed by atoms with van der Waals surface area (Å²) in [6.45, 7) is 4.73. The smallest absolute Gasteiger partial charge is 0.308 e. The Morgan fingerprint density at radius 2 is 1.75 bits per heavy atom. The van der Waals surface area contributed by atoms with Crippen molar-refractivity contribution in [1.29, 1.82) is 0 Å². The van der Waals surface area contributed by atoms with E-state index in [4.69, 9.17) is 13.9 Å². The van der Waals surface area contributed by atoms with Gasteiger partial charge in [-0.25, -0.2) is 0 Å². The lowest BCUT2D eigenvalue weighted by atomic mass is 10.1. The number of hydrogen-bond donors (Lipinski definition) is 0. The van der Waals surface area contributed by atoms with E-state index in [1.54, 1.807) is 32.0 Å². The fourth-order valence-corrected chi connectivity index (χ4v) is 2.53. The summed E-state index contributed by atoms with van der Waals surface area (Å²) in [5.41, 5.74) is 0.744. The van der Waals surface area contributed by atoms with Gasteiger partial charge in [-0.05, 0) is 37.6 Å². The third-order valence-corrected chi connectivity index (χ3v) is 3.51. The zero-order valence-electron chi connectivity index (χ0n) is 13.6. The van der Waals surface area contributed by atoms with E-state index >= 15 is 0 Å². The van der Waals surface area contributed by atoms with E-state index in [-0.39, 0.29) is 11.2 Å². The van der Waals surface area contributed by atoms with E-state index in [0.717, 1.165) is 0 Å². The summed E-state index contributed by atoms with van der Waals surface area (Å²) in [6.07, 6.45) is 0. The topological polar surface area (TPSA) is 65.7 Å². The lowest BCUT2D eigenvalue weighted by Gasteiger charge is -2.11. The molecule has 3 aromatic rings. The van der Waals surface area contributed by atoms with Crippen LogP contribution in [0.1, 0.15) is 18.2 Å². The van der Waals surface area contributed by atoms with Crippen molar-refractivity contribution in [3.63, 3.8) is 0 Å². The van der Waals surface area contributed by atoms with Crippen molar-refractivity contribution in [2.45, 2.75) is 20.8 Å². The van der Waals surface area contributed by atoms with E-state index in [1.807, 2.05) is 18.2 Å². The molecule has 0 unspecified atom stereocenters. The maximum atomic E-state index is 12.8. The van der Waals surface area contributed by atoms with Gasteiger partial charge in [0.05, 0.1) is 5.39 Å². The molecular weight excluding hydrogens is 308 g/mol. The first kappa shape index (κ1) is 15.8. The number of carbonyl (C=O) groups is 1. The second-order valence-corrected chi connectivity index (χ2v) is 5.44. The minimum Gasteiger partial charge on any atom is -0.457 e. The van der Waals surface area contributed by atoms with Crippen LogP contribution in [0.2, 0.25) is 0 Å². The Hall–Kier alpha value is -3.08. The zero-order chi connectivity index (χ0) is 17.3. The molecule has 0 bridgehead atoms. The van der Waals surface area contributed by atoms with Crippen LogP contribution in [0.5, 0.6) is 17.2 Å². The number of para-hydroxylation sites is 1. The first-order chi connectivity index (χ1) is 11.5. The highest BCUT2D eigenvalue weighted by Gasteiger charge is 2.17. The maximum Gasteiger partial charge on any atom is 0.308 e. The highest BCUT2D eigenvalue weighted by Crippen LogP contribution is 2.29. The van der Waals surface area contributed by atoms with Crippen molar-refractivity contribution in [3.8, 4) is 17.2 Å². The monoisotopic (exact) mass is 324 g/mol. The molecule has 0 aliphatic heterocycles. The summed E-state index contributed by atoms with van der Waals surface area (Å²) in [4.78, 5) is 23.9. The van der Waals surface area contributed by atoms with Crippen molar-refractivity contribution in [3.05, 3.63) is 64.0 Å². The van der Waals surface area contributed by atoms with E-state index in [1.165, 1.54) is 13.0 Å². The molecule has 122 valence electrons. The highest BCUT2D eigenvalue weighted by atomic mass is 16.5. The molecule has 0 N–H and O–H groups in total. The molecule has 0 aliphatic rings. The van der Waals surface area contributed by atoms with E-state index < -0.39 is 5.97 Å². The summed E-state index contributed by atoms with van der Waals surface area (Å²) in [5, 5.41) is 0.405. The van der Waals surface area contributed by atoms with Crippen LogP contribution in [0.15, 0.2) is 51.7 Å². The minimum absolute atomic E-state index is 0.150. The van der Waals surface area contributed by atoms with Crippen LogP contribution < -0.4 is 14.9 Å². The molecule has 2 aromatic carbocycles. The molecule has 3 rings (SSSR count). The van der Waals surface area contributed by atoms with Crippen molar-refractivity contribution in [1.82, 2.24) is 0 Å². The molecule has 0 spiro atoms. The van der Waals surface area contributed by atoms with Crippen LogP contribution in [0, 0.1) is 13.8 Å². The third-order valence-electron chi connectivity index (χ3n) is 3.51. The van der Waals surface area contributed by atoms with Gasteiger partial charge in [-0.1, -0.05) is 18.2 Å². The third kappa shape index (κ3) is 3.01. The second kappa shape index (κ2) is 6.20. The molecule has 0 radical (unpaired) electrons. The minimum atomic E-state index is -0.433. The predicted octanol–water partition coefficient (Wildman–Crippen LogP) is 4.13. The Labute approximate surface area is 138 Å². The summed E-state index contributed by atoms with van der Waals surface area (Å²) in [7, 11) is 0. The number of aryl methyl sites for hydroxylation is 2. The van der Waals surface area contributed by atoms with Gasteiger partial charge in [0.15, 0.2) is 0 Å². The second-order valence-electron chi connectivity index (χ2n) is 5.44. The van der Waals surface area contributed by atoms with E-state index in [2.05, 4.69) is 0 Å². The van der Waals surface area contributed by atoms with Gasteiger partial charge in [-0.2, -0.15) is 0 Å². The van der Waals surface area contributed by atoms with Gasteiger partial charge in [-0.15, -0.1) is 0 Å². The van der Waals surface area contributed by atoms with Crippen molar-refractivity contribution >= 4 is 16.9 Å². The molecular formula is C19H16O5. The highest BCUT2D eigenvalue weighted by molar-refractivity contribution is 5.84. The Kier molecular flexibility index (Phi) is 4.08. The maximum absolute atomic E-state index is 12.8. The number of fused-ring (bicyclic) bond motifs is 1. The number of rotatable bonds is 3. The summed E-state index contributed by atoms with van der Waals surface area (Å²) < 4.78 is 16.5. The summed E-state index contributed by atoms with van der Waals surface area (Å²) >= 11 is 0. The van der Waals surface area contributed by atoms with Crippen LogP contribution in [0.4, 0.5) is 0 Å². The molecule has 24 heavy (non-hydrogen) atoms. The van der Waals surface area contributed by atoms with Crippen LogP contribution in [-0.2, 0) is 4.79 Å². The number of hydrogen-bond acceptors (Lipinski definition) is 5. The quantitative estimate of drug-likeness (QED) is 0.535. The average molecular weight is 324 g/mol. The Morgan fingerprint density at radius 3 is 2.42 bits per heavy atom. The Morgan fingerprint density at radius 1 is 1.04 bits per heavy atom. The van der Waals surface area contributed by atoms with Gasteiger partial charge in [0.1, 0.15) is 22.8 Å². The Balaban J connectivity index is 2.15. The molecule has 0 fully saturated rings. The van der Waals surface area contributed by atoms with Crippen molar-refractivity contribution in [2.24, 2.45) is 0 Å². The molecule has 5 heteroatoms. The van der Waals surface area contributed by atoms with E-state index in [9.17, 15) is 9.59 Å². The fourth-order valence-electron chi connectivity index (χ4n) is 2.53. The molecule has 5 nitrogen and oxygen atoms in total. The largest absolute Gasteiger partial charge is 0.457 e. The van der Waals surface area contributed by atoms with Crippen molar-refractivity contribution in [2.75, 3.05) is 0 Å². The standard InChI is InChI=1S/C19H16O5/c1-11-9-15(23-13(3)20)10-16-17(11)18(21)19(12(2)22-16)24-14-7-5-4-6-8-14/h4-10H,1-3H3. The molecule has 0 saturated heterocycles. The van der Waals surface area contributed by atoms with Gasteiger partial charge >= 0.3 is 5.97 Å². The van der Waals surface area contributed by atoms with Crippen LogP contribution in [0.25, 0.3) is 11.0 Å². The van der Waals surface area contributed by atoms with Gasteiger partial charge in [0.2, 0.25) is 11.2 Å². The van der Waals surface area contributed by atoms with Gasteiger partial charge in [0.25, 0.3) is 0 Å². The molecule has 1 aromatic heterocycles. The fraction of sp³-hybridized carbons (Fsp3) is 0.158. The molecule has 0 aliphatic carbocycles. The molecule has 0 saturated carbocycles. The van der Waals surface area contributed by atoms with Crippen LogP contribution >= 0.6 is 0 Å². The van der Waals surface area contributed by atoms with Crippen molar-refractivity contribution < 1.29 is 18.7 Å². The number of esters is 1. The van der Waals surface area contributed by atoms with Gasteiger partial charge < -0.3 is 13.9 Å². The first-order valence-corrected chi connectivity index (χ1v) is 7.45. The summed E-state index contributed by atoms with van der Waals surface area (Å²) in [6, 6.07) is 12.2. The number of benzene rings is 2. The lowest BCUT2D eigenvalue weighted by Crippen LogP contribution is -2.09. The average Bonchev–Trinajstić information content (AvgIpc) is 2.51. The molecule has 0 amide bonds. The van der Waals surface area contributed by atoms with Crippen LogP contribution in [0.3, 0.4) is 0 Å². The Bertz CT molecular complexity index is 970. The van der Waals surface area contributed by atoms with Crippen LogP contribution in [-0.4, -0.2) is 5.97 Å². The van der Waals surface area contributed by atoms with Gasteiger partial charge in [-0.3, -0.25) is 9.59 Å². The molecule has 0 atom stereocenters. The number of carbonyl (C=O) groups excluding carboxylic acids is 1. The molecule has 1 heterocycles. The number of ether oxygens (including phenoxy) is 2. The first-order valence-electron chi connectivity index (χ1n) is 7.45. The summed E-state index contributed by atoms with van der Waals surface area (Å²) in [5.74, 6) is 0.970. The van der Waals surface area contributed by atoms with E-state index in [0.29, 0.717) is 33.8 Å².